The number of hydrogen-bond acceptors (Lipinski definition) is 5. The van der Waals surface area contributed by atoms with Gasteiger partial charge in [0.1, 0.15) is 0 Å². The van der Waals surface area contributed by atoms with Crippen LogP contribution in [0.25, 0.3) is 0 Å². The maximum Gasteiger partial charge on any atom is 0.213 e. The van der Waals surface area contributed by atoms with E-state index in [1.54, 1.807) is 7.11 Å². The number of pyridine rings is 1. The number of guanidine groups is 1. The SMILES string of the molecule is CCNC(=NCc1cccc(OC)n1)NCCCOCC1CCCO1. The number of hydrogen-bond donors (Lipinski definition) is 2. The van der Waals surface area contributed by atoms with Crippen molar-refractivity contribution in [2.24, 2.45) is 4.99 Å². The molecule has 25 heavy (non-hydrogen) atoms. The third-order valence-corrected chi connectivity index (χ3v) is 3.82. The Hall–Kier alpha value is -1.86. The van der Waals surface area contributed by atoms with Gasteiger partial charge in [0, 0.05) is 32.4 Å². The van der Waals surface area contributed by atoms with Crippen molar-refractivity contribution >= 4 is 5.96 Å². The normalized spacial score (nSPS) is 17.5. The number of nitrogens with one attached hydrogen (secondary N) is 2. The molecule has 2 rings (SSSR count). The van der Waals surface area contributed by atoms with E-state index in [0.29, 0.717) is 25.1 Å². The Kier molecular flexibility index (Phi) is 9.07. The molecule has 1 aliphatic rings. The number of aromatic nitrogens is 1. The van der Waals surface area contributed by atoms with E-state index in [1.807, 2.05) is 25.1 Å². The molecule has 0 bridgehead atoms. The topological polar surface area (TPSA) is 77.0 Å². The highest BCUT2D eigenvalue weighted by atomic mass is 16.5. The maximum atomic E-state index is 5.66. The number of methoxy groups -OCH3 is 1. The maximum absolute atomic E-state index is 5.66. The molecule has 1 aromatic rings. The highest BCUT2D eigenvalue weighted by molar-refractivity contribution is 5.79. The number of rotatable bonds is 10. The Morgan fingerprint density at radius 1 is 1.40 bits per heavy atom. The summed E-state index contributed by atoms with van der Waals surface area (Å²) in [4.78, 5) is 8.92. The van der Waals surface area contributed by atoms with Crippen LogP contribution in [0, 0.1) is 0 Å². The molecule has 2 N–H and O–H groups in total. The average molecular weight is 350 g/mol. The first-order valence-corrected chi connectivity index (χ1v) is 9.03. The van der Waals surface area contributed by atoms with E-state index < -0.39 is 0 Å². The summed E-state index contributed by atoms with van der Waals surface area (Å²) >= 11 is 0. The molecule has 1 unspecified atom stereocenters. The Labute approximate surface area is 150 Å². The minimum absolute atomic E-state index is 0.294. The van der Waals surface area contributed by atoms with Crippen molar-refractivity contribution in [3.63, 3.8) is 0 Å². The van der Waals surface area contributed by atoms with Gasteiger partial charge in [-0.05, 0) is 32.3 Å². The molecule has 1 atom stereocenters. The van der Waals surface area contributed by atoms with Crippen LogP contribution in [0.5, 0.6) is 5.88 Å². The van der Waals surface area contributed by atoms with Gasteiger partial charge < -0.3 is 24.8 Å². The summed E-state index contributed by atoms with van der Waals surface area (Å²) in [5.74, 6) is 1.39. The Morgan fingerprint density at radius 2 is 2.32 bits per heavy atom. The summed E-state index contributed by atoms with van der Waals surface area (Å²) in [6.45, 7) is 6.48. The van der Waals surface area contributed by atoms with Crippen molar-refractivity contribution in [3.8, 4) is 5.88 Å². The van der Waals surface area contributed by atoms with Crippen LogP contribution in [0.15, 0.2) is 23.2 Å². The monoisotopic (exact) mass is 350 g/mol. The van der Waals surface area contributed by atoms with Gasteiger partial charge in [-0.25, -0.2) is 9.98 Å². The third kappa shape index (κ3) is 7.70. The van der Waals surface area contributed by atoms with E-state index in [2.05, 4.69) is 20.6 Å². The second-order valence-electron chi connectivity index (χ2n) is 5.86. The van der Waals surface area contributed by atoms with Crippen LogP contribution in [0.1, 0.15) is 31.9 Å². The van der Waals surface area contributed by atoms with Gasteiger partial charge in [0.25, 0.3) is 0 Å². The highest BCUT2D eigenvalue weighted by Gasteiger charge is 2.14. The van der Waals surface area contributed by atoms with Crippen molar-refractivity contribution in [1.29, 1.82) is 0 Å². The molecule has 0 spiro atoms. The molecule has 1 fully saturated rings. The molecule has 1 aliphatic heterocycles. The summed E-state index contributed by atoms with van der Waals surface area (Å²) < 4.78 is 16.3. The van der Waals surface area contributed by atoms with Crippen molar-refractivity contribution < 1.29 is 14.2 Å². The third-order valence-electron chi connectivity index (χ3n) is 3.82. The minimum atomic E-state index is 0.294. The van der Waals surface area contributed by atoms with Gasteiger partial charge in [-0.15, -0.1) is 0 Å². The molecule has 1 saturated heterocycles. The van der Waals surface area contributed by atoms with Crippen molar-refractivity contribution in [2.45, 2.75) is 38.8 Å². The first kappa shape index (κ1) is 19.5. The molecule has 1 aromatic heterocycles. The smallest absolute Gasteiger partial charge is 0.213 e. The van der Waals surface area contributed by atoms with Crippen molar-refractivity contribution in [1.82, 2.24) is 15.6 Å². The summed E-state index contributed by atoms with van der Waals surface area (Å²) in [5.41, 5.74) is 0.872. The second-order valence-corrected chi connectivity index (χ2v) is 5.86. The Morgan fingerprint density at radius 3 is 3.08 bits per heavy atom. The quantitative estimate of drug-likeness (QED) is 0.380. The lowest BCUT2D eigenvalue weighted by Crippen LogP contribution is -2.38. The molecule has 0 radical (unpaired) electrons. The second kappa shape index (κ2) is 11.7. The molecule has 0 saturated carbocycles. The Balaban J connectivity index is 1.66. The molecule has 0 aliphatic carbocycles. The van der Waals surface area contributed by atoms with Crippen LogP contribution < -0.4 is 15.4 Å². The van der Waals surface area contributed by atoms with Crippen LogP contribution in [0.3, 0.4) is 0 Å². The largest absolute Gasteiger partial charge is 0.481 e. The Bertz CT molecular complexity index is 519. The van der Waals surface area contributed by atoms with Crippen molar-refractivity contribution in [3.05, 3.63) is 23.9 Å². The average Bonchev–Trinajstić information content (AvgIpc) is 3.16. The summed E-state index contributed by atoms with van der Waals surface area (Å²) in [6.07, 6.45) is 3.49. The van der Waals surface area contributed by atoms with Crippen LogP contribution in [-0.2, 0) is 16.0 Å². The minimum Gasteiger partial charge on any atom is -0.481 e. The molecular formula is C18H30N4O3. The summed E-state index contributed by atoms with van der Waals surface area (Å²) in [5, 5.41) is 6.55. The predicted molar refractivity (Wildman–Crippen MR) is 98.0 cm³/mol. The zero-order chi connectivity index (χ0) is 17.7. The van der Waals surface area contributed by atoms with Gasteiger partial charge in [-0.2, -0.15) is 0 Å². The van der Waals surface area contributed by atoms with Gasteiger partial charge in [0.2, 0.25) is 5.88 Å². The molecule has 2 heterocycles. The molecule has 140 valence electrons. The number of nitrogens with zero attached hydrogens (tertiary/aromatic N) is 2. The van der Waals surface area contributed by atoms with Crippen LogP contribution >= 0.6 is 0 Å². The first-order chi connectivity index (χ1) is 12.3. The predicted octanol–water partition coefficient (Wildman–Crippen LogP) is 1.73. The highest BCUT2D eigenvalue weighted by Crippen LogP contribution is 2.11. The van der Waals surface area contributed by atoms with Crippen LogP contribution in [0.4, 0.5) is 0 Å². The molecule has 0 aromatic carbocycles. The van der Waals surface area contributed by atoms with E-state index in [0.717, 1.165) is 57.2 Å². The summed E-state index contributed by atoms with van der Waals surface area (Å²) in [7, 11) is 1.61. The lowest BCUT2D eigenvalue weighted by Gasteiger charge is -2.12. The molecule has 0 amide bonds. The fourth-order valence-corrected chi connectivity index (χ4v) is 2.53. The van der Waals surface area contributed by atoms with Gasteiger partial charge >= 0.3 is 0 Å². The van der Waals surface area contributed by atoms with E-state index in [1.165, 1.54) is 0 Å². The number of ether oxygens (including phenoxy) is 3. The van der Waals surface area contributed by atoms with Crippen molar-refractivity contribution in [2.75, 3.05) is 40.0 Å². The first-order valence-electron chi connectivity index (χ1n) is 9.03. The molecular weight excluding hydrogens is 320 g/mol. The van der Waals surface area contributed by atoms with E-state index in [4.69, 9.17) is 14.2 Å². The van der Waals surface area contributed by atoms with Gasteiger partial charge in [0.15, 0.2) is 5.96 Å². The standard InChI is InChI=1S/C18H30N4O3/c1-3-19-18(21-13-15-7-4-9-17(22-15)23-2)20-10-6-11-24-14-16-8-5-12-25-16/h4,7,9,16H,3,5-6,8,10-14H2,1-2H3,(H2,19,20,21). The van der Waals surface area contributed by atoms with Gasteiger partial charge in [-0.1, -0.05) is 6.07 Å². The van der Waals surface area contributed by atoms with Crippen LogP contribution in [-0.4, -0.2) is 57.1 Å². The van der Waals surface area contributed by atoms with E-state index in [-0.39, 0.29) is 0 Å². The molecule has 7 heteroatoms. The van der Waals surface area contributed by atoms with Gasteiger partial charge in [0.05, 0.1) is 32.1 Å². The van der Waals surface area contributed by atoms with E-state index in [9.17, 15) is 0 Å². The fraction of sp³-hybridized carbons (Fsp3) is 0.667. The van der Waals surface area contributed by atoms with E-state index >= 15 is 0 Å². The number of aliphatic imine (C=N–C) groups is 1. The zero-order valence-corrected chi connectivity index (χ0v) is 15.3. The zero-order valence-electron chi connectivity index (χ0n) is 15.3. The lowest BCUT2D eigenvalue weighted by molar-refractivity contribution is 0.0168. The van der Waals surface area contributed by atoms with Crippen LogP contribution in [0.2, 0.25) is 0 Å². The lowest BCUT2D eigenvalue weighted by atomic mass is 10.2. The molecule has 7 nitrogen and oxygen atoms in total. The fourth-order valence-electron chi connectivity index (χ4n) is 2.53. The summed E-state index contributed by atoms with van der Waals surface area (Å²) in [6, 6.07) is 5.68. The van der Waals surface area contributed by atoms with Gasteiger partial charge in [-0.3, -0.25) is 0 Å².